The van der Waals surface area contributed by atoms with Crippen molar-refractivity contribution in [1.29, 1.82) is 0 Å². The van der Waals surface area contributed by atoms with E-state index in [0.717, 1.165) is 0 Å². The Bertz CT molecular complexity index is 382. The third-order valence-corrected chi connectivity index (χ3v) is 3.82. The first-order valence-electron chi connectivity index (χ1n) is 6.16. The van der Waals surface area contributed by atoms with Gasteiger partial charge in [0.2, 0.25) is 0 Å². The van der Waals surface area contributed by atoms with E-state index in [9.17, 15) is 0 Å². The zero-order valence-electron chi connectivity index (χ0n) is 9.97. The van der Waals surface area contributed by atoms with Crippen molar-refractivity contribution >= 4 is 16.5 Å². The van der Waals surface area contributed by atoms with E-state index in [0.29, 0.717) is 5.92 Å². The molecule has 0 spiro atoms. The molecule has 85 valence electrons. The Morgan fingerprint density at radius 3 is 1.65 bits per heavy atom. The van der Waals surface area contributed by atoms with Crippen LogP contribution in [0.3, 0.4) is 0 Å². The van der Waals surface area contributed by atoms with Gasteiger partial charge in [0, 0.05) is 0 Å². The van der Waals surface area contributed by atoms with Crippen molar-refractivity contribution in [2.24, 2.45) is 0 Å². The summed E-state index contributed by atoms with van der Waals surface area (Å²) >= 11 is 2.26. The van der Waals surface area contributed by atoms with E-state index in [2.05, 4.69) is 77.2 Å². The summed E-state index contributed by atoms with van der Waals surface area (Å²) in [4.78, 5) is 0. The molecule has 0 aliphatic carbocycles. The first kappa shape index (κ1) is 12.4. The molecule has 0 saturated carbocycles. The minimum atomic E-state index is 0.553. The van der Waals surface area contributed by atoms with Gasteiger partial charge in [-0.25, -0.2) is 0 Å². The molecule has 1 heteroatoms. The first-order chi connectivity index (χ1) is 8.42. The molecule has 0 amide bonds. The van der Waals surface area contributed by atoms with Crippen molar-refractivity contribution in [3.05, 3.63) is 71.8 Å². The Morgan fingerprint density at radius 2 is 1.24 bits per heavy atom. The summed E-state index contributed by atoms with van der Waals surface area (Å²) in [6, 6.07) is 21.7. The molecule has 2 aromatic carbocycles. The number of hydrogen-bond donors (Lipinski definition) is 0. The second-order valence-corrected chi connectivity index (χ2v) is 5.32. The number of rotatable bonds is 5. The van der Waals surface area contributed by atoms with Crippen molar-refractivity contribution in [2.45, 2.75) is 24.0 Å². The summed E-state index contributed by atoms with van der Waals surface area (Å²) in [5.74, 6) is 0.553. The normalized spacial score (nSPS) is 10.7. The second-order valence-electron chi connectivity index (χ2n) is 4.27. The Kier molecular flexibility index (Phi) is 4.87. The summed E-state index contributed by atoms with van der Waals surface area (Å²) in [7, 11) is 0. The zero-order chi connectivity index (χ0) is 11.9. The van der Waals surface area contributed by atoms with Gasteiger partial charge in [-0.2, -0.15) is 0 Å². The molecule has 2 aromatic rings. The minimum absolute atomic E-state index is 0.553. The summed E-state index contributed by atoms with van der Waals surface area (Å²) < 4.78 is 0. The monoisotopic (exact) mass is 283 g/mol. The van der Waals surface area contributed by atoms with Crippen LogP contribution in [0, 0.1) is 0 Å². The first-order valence-corrected chi connectivity index (χ1v) is 7.64. The Labute approximate surface area is 112 Å². The van der Waals surface area contributed by atoms with Crippen LogP contribution in [0.25, 0.3) is 0 Å². The van der Waals surface area contributed by atoms with Gasteiger partial charge in [0.1, 0.15) is 0 Å². The van der Waals surface area contributed by atoms with E-state index in [1.54, 1.807) is 0 Å². The molecule has 0 saturated heterocycles. The Balaban J connectivity index is 2.26. The quantitative estimate of drug-likeness (QED) is 0.721. The van der Waals surface area contributed by atoms with Gasteiger partial charge in [-0.3, -0.25) is 0 Å². The van der Waals surface area contributed by atoms with Crippen LogP contribution in [0.2, 0.25) is 5.25 Å². The van der Waals surface area contributed by atoms with Gasteiger partial charge >= 0.3 is 112 Å². The van der Waals surface area contributed by atoms with Gasteiger partial charge in [-0.05, 0) is 0 Å². The molecule has 0 aliphatic rings. The average molecular weight is 282 g/mol. The summed E-state index contributed by atoms with van der Waals surface area (Å²) in [6.45, 7) is 0. The van der Waals surface area contributed by atoms with Gasteiger partial charge in [0.05, 0.1) is 0 Å². The van der Waals surface area contributed by atoms with Gasteiger partial charge < -0.3 is 0 Å². The number of benzene rings is 2. The van der Waals surface area contributed by atoms with Gasteiger partial charge in [0.25, 0.3) is 0 Å². The van der Waals surface area contributed by atoms with Gasteiger partial charge in [0.15, 0.2) is 0 Å². The van der Waals surface area contributed by atoms with E-state index in [4.69, 9.17) is 0 Å². The van der Waals surface area contributed by atoms with Gasteiger partial charge in [-0.15, -0.1) is 0 Å². The fraction of sp³-hybridized carbons (Fsp3) is 0.250. The molecular formula is C16H17Ge. The van der Waals surface area contributed by atoms with Crippen LogP contribution in [0.5, 0.6) is 0 Å². The topological polar surface area (TPSA) is 0 Å². The molecule has 0 N–H and O–H groups in total. The summed E-state index contributed by atoms with van der Waals surface area (Å²) in [6.07, 6.45) is 2.53. The second kappa shape index (κ2) is 6.65. The molecule has 0 fully saturated rings. The molecule has 2 rings (SSSR count). The van der Waals surface area contributed by atoms with Crippen molar-refractivity contribution in [3.63, 3.8) is 0 Å². The van der Waals surface area contributed by atoms with E-state index in [1.807, 2.05) is 0 Å². The van der Waals surface area contributed by atoms with Crippen molar-refractivity contribution in [2.75, 3.05) is 0 Å². The molecule has 0 nitrogen and oxygen atoms in total. The van der Waals surface area contributed by atoms with Crippen LogP contribution < -0.4 is 0 Å². The predicted molar refractivity (Wildman–Crippen MR) is 74.5 cm³/mol. The van der Waals surface area contributed by atoms with Gasteiger partial charge in [-0.1, -0.05) is 0 Å². The fourth-order valence-electron chi connectivity index (χ4n) is 2.20. The summed E-state index contributed by atoms with van der Waals surface area (Å²) in [5, 5.41) is 1.26. The van der Waals surface area contributed by atoms with Crippen molar-refractivity contribution in [3.8, 4) is 0 Å². The standard InChI is InChI=1S/C16H17Ge/c17-13-7-12-16(14-8-3-1-4-9-14)15-10-5-2-6-11-15/h1-6,8-11,16H,7,12-13H2. The van der Waals surface area contributed by atoms with E-state index >= 15 is 0 Å². The third kappa shape index (κ3) is 3.47. The molecule has 0 atom stereocenters. The maximum absolute atomic E-state index is 2.26. The van der Waals surface area contributed by atoms with E-state index in [-0.39, 0.29) is 0 Å². The molecule has 0 unspecified atom stereocenters. The zero-order valence-corrected chi connectivity index (χ0v) is 12.1. The average Bonchev–Trinajstić information content (AvgIpc) is 2.42. The van der Waals surface area contributed by atoms with Crippen LogP contribution in [-0.4, -0.2) is 16.5 Å². The van der Waals surface area contributed by atoms with Crippen LogP contribution >= 0.6 is 0 Å². The molecule has 17 heavy (non-hydrogen) atoms. The Hall–Kier alpha value is -1.02. The van der Waals surface area contributed by atoms with E-state index < -0.39 is 0 Å². The van der Waals surface area contributed by atoms with Crippen LogP contribution in [0.1, 0.15) is 29.9 Å². The van der Waals surface area contributed by atoms with Crippen LogP contribution in [0.15, 0.2) is 60.7 Å². The molecule has 0 aromatic heterocycles. The third-order valence-electron chi connectivity index (χ3n) is 3.07. The van der Waals surface area contributed by atoms with Crippen molar-refractivity contribution in [1.82, 2.24) is 0 Å². The van der Waals surface area contributed by atoms with Crippen LogP contribution in [0.4, 0.5) is 0 Å². The molecular weight excluding hydrogens is 265 g/mol. The fourth-order valence-corrected chi connectivity index (χ4v) is 2.63. The van der Waals surface area contributed by atoms with E-state index in [1.165, 1.54) is 29.2 Å². The Morgan fingerprint density at radius 1 is 0.765 bits per heavy atom. The number of hydrogen-bond acceptors (Lipinski definition) is 0. The SMILES string of the molecule is [Ge][CH2]CCC(c1ccccc1)c1ccccc1. The molecule has 0 heterocycles. The van der Waals surface area contributed by atoms with Crippen LogP contribution in [-0.2, 0) is 0 Å². The summed E-state index contributed by atoms with van der Waals surface area (Å²) in [5.41, 5.74) is 2.87. The van der Waals surface area contributed by atoms with Crippen molar-refractivity contribution < 1.29 is 0 Å². The molecule has 0 bridgehead atoms. The maximum atomic E-state index is 2.26. The predicted octanol–water partition coefficient (Wildman–Crippen LogP) is 4.19. The molecule has 0 aliphatic heterocycles. The molecule has 3 radical (unpaired) electrons.